The maximum absolute atomic E-state index is 10.5. The van der Waals surface area contributed by atoms with Gasteiger partial charge in [0.15, 0.2) is 0 Å². The molecule has 5 heteroatoms. The third-order valence-electron chi connectivity index (χ3n) is 3.29. The summed E-state index contributed by atoms with van der Waals surface area (Å²) < 4.78 is 4.97. The van der Waals surface area contributed by atoms with Gasteiger partial charge in [0, 0.05) is 18.3 Å². The summed E-state index contributed by atoms with van der Waals surface area (Å²) in [5.41, 5.74) is 4.00. The predicted octanol–water partition coefficient (Wildman–Crippen LogP) is 2.26. The van der Waals surface area contributed by atoms with Gasteiger partial charge in [-0.3, -0.25) is 9.78 Å². The summed E-state index contributed by atoms with van der Waals surface area (Å²) >= 11 is 0. The number of hydrogen-bond donors (Lipinski definition) is 1. The van der Waals surface area contributed by atoms with Crippen LogP contribution in [0.1, 0.15) is 17.0 Å². The van der Waals surface area contributed by atoms with Crippen LogP contribution in [-0.2, 0) is 9.53 Å². The largest absolute Gasteiger partial charge is 0.467 e. The van der Waals surface area contributed by atoms with Gasteiger partial charge in [0.2, 0.25) is 0 Å². The van der Waals surface area contributed by atoms with Crippen LogP contribution < -0.4 is 0 Å². The number of carbonyl (C=O) groups is 1. The lowest BCUT2D eigenvalue weighted by molar-refractivity contribution is -0.128. The van der Waals surface area contributed by atoms with Crippen LogP contribution in [0.15, 0.2) is 49.1 Å². The maximum atomic E-state index is 10.5. The molecule has 3 aromatic rings. The molecule has 0 saturated carbocycles. The fourth-order valence-electron chi connectivity index (χ4n) is 2.29. The Hall–Kier alpha value is -2.69. The highest BCUT2D eigenvalue weighted by atomic mass is 16.5. The van der Waals surface area contributed by atoms with Gasteiger partial charge in [-0.15, -0.1) is 0 Å². The Morgan fingerprint density at radius 1 is 1.20 bits per heavy atom. The van der Waals surface area contributed by atoms with Crippen LogP contribution in [-0.4, -0.2) is 28.0 Å². The number of fused-ring (bicyclic) bond motifs is 1. The smallest absolute Gasteiger partial charge is 0.293 e. The van der Waals surface area contributed by atoms with Crippen LogP contribution in [0.25, 0.3) is 11.0 Å². The third-order valence-corrected chi connectivity index (χ3v) is 3.29. The molecule has 1 aromatic carbocycles. The summed E-state index contributed by atoms with van der Waals surface area (Å²) in [7, 11) is 0. The van der Waals surface area contributed by atoms with Crippen molar-refractivity contribution in [1.82, 2.24) is 15.0 Å². The molecule has 0 radical (unpaired) electrons. The number of hydrogen-bond acceptors (Lipinski definition) is 4. The molecule has 5 nitrogen and oxygen atoms in total. The Bertz CT molecular complexity index is 709. The van der Waals surface area contributed by atoms with Gasteiger partial charge in [0.05, 0.1) is 17.4 Å². The number of carbonyl (C=O) groups excluding carboxylic acids is 1. The van der Waals surface area contributed by atoms with E-state index in [1.807, 2.05) is 30.3 Å². The minimum atomic E-state index is -0.0177. The molecule has 1 unspecified atom stereocenters. The van der Waals surface area contributed by atoms with E-state index in [-0.39, 0.29) is 5.92 Å². The van der Waals surface area contributed by atoms with Gasteiger partial charge in [0.25, 0.3) is 6.47 Å². The van der Waals surface area contributed by atoms with Crippen LogP contribution in [0.2, 0.25) is 0 Å². The number of H-pyrrole nitrogens is 1. The first kappa shape index (κ1) is 12.3. The second kappa shape index (κ2) is 5.52. The third kappa shape index (κ3) is 2.38. The van der Waals surface area contributed by atoms with Gasteiger partial charge >= 0.3 is 0 Å². The average molecular weight is 267 g/mol. The Labute approximate surface area is 115 Å². The number of aromatic amines is 1. The molecule has 0 saturated heterocycles. The van der Waals surface area contributed by atoms with Crippen molar-refractivity contribution >= 4 is 17.5 Å². The van der Waals surface area contributed by atoms with E-state index in [4.69, 9.17) is 4.74 Å². The first-order chi connectivity index (χ1) is 9.88. The normalized spacial score (nSPS) is 12.2. The average Bonchev–Trinajstić information content (AvgIpc) is 2.96. The summed E-state index contributed by atoms with van der Waals surface area (Å²) in [6.07, 6.45) is 5.13. The molecule has 0 fully saturated rings. The van der Waals surface area contributed by atoms with Gasteiger partial charge in [0.1, 0.15) is 6.61 Å². The van der Waals surface area contributed by atoms with Crippen molar-refractivity contribution in [2.24, 2.45) is 0 Å². The molecular weight excluding hydrogens is 254 g/mol. The highest BCUT2D eigenvalue weighted by molar-refractivity contribution is 5.75. The van der Waals surface area contributed by atoms with Crippen molar-refractivity contribution in [1.29, 1.82) is 0 Å². The number of rotatable bonds is 5. The molecule has 100 valence electrons. The minimum absolute atomic E-state index is 0.0177. The summed E-state index contributed by atoms with van der Waals surface area (Å²) in [4.78, 5) is 21.8. The van der Waals surface area contributed by atoms with Crippen LogP contribution >= 0.6 is 0 Å². The van der Waals surface area contributed by atoms with E-state index in [1.54, 1.807) is 18.7 Å². The first-order valence-electron chi connectivity index (χ1n) is 6.26. The second-order valence-electron chi connectivity index (χ2n) is 4.44. The number of nitrogens with zero attached hydrogens (tertiary/aromatic N) is 2. The van der Waals surface area contributed by atoms with E-state index in [0.29, 0.717) is 13.1 Å². The Morgan fingerprint density at radius 2 is 2.05 bits per heavy atom. The second-order valence-corrected chi connectivity index (χ2v) is 4.44. The van der Waals surface area contributed by atoms with Crippen LogP contribution in [0, 0.1) is 0 Å². The number of aromatic nitrogens is 3. The van der Waals surface area contributed by atoms with Crippen molar-refractivity contribution in [3.05, 3.63) is 60.2 Å². The molecule has 0 aliphatic rings. The number of benzene rings is 1. The predicted molar refractivity (Wildman–Crippen MR) is 74.2 cm³/mol. The standard InChI is InChI=1S/C15H13N3O2/c19-10-20-8-13(11-3-5-16-6-4-11)12-1-2-14-15(7-12)18-9-17-14/h1-7,9-10,13H,8H2,(H,17,18). The van der Waals surface area contributed by atoms with E-state index >= 15 is 0 Å². The van der Waals surface area contributed by atoms with Gasteiger partial charge < -0.3 is 9.72 Å². The monoisotopic (exact) mass is 267 g/mol. The van der Waals surface area contributed by atoms with Crippen LogP contribution in [0.4, 0.5) is 0 Å². The van der Waals surface area contributed by atoms with E-state index in [1.165, 1.54) is 0 Å². The molecular formula is C15H13N3O2. The summed E-state index contributed by atoms with van der Waals surface area (Å²) in [6.45, 7) is 0.774. The highest BCUT2D eigenvalue weighted by Crippen LogP contribution is 2.26. The molecule has 20 heavy (non-hydrogen) atoms. The van der Waals surface area contributed by atoms with Crippen molar-refractivity contribution in [2.75, 3.05) is 6.61 Å². The summed E-state index contributed by atoms with van der Waals surface area (Å²) in [5.74, 6) is -0.0177. The lowest BCUT2D eigenvalue weighted by Gasteiger charge is -2.16. The number of nitrogens with one attached hydrogen (secondary N) is 1. The molecule has 3 rings (SSSR count). The first-order valence-corrected chi connectivity index (χ1v) is 6.26. The fraction of sp³-hybridized carbons (Fsp3) is 0.133. The van der Waals surface area contributed by atoms with Crippen molar-refractivity contribution in [3.8, 4) is 0 Å². The van der Waals surface area contributed by atoms with E-state index in [0.717, 1.165) is 22.2 Å². The van der Waals surface area contributed by atoms with Crippen molar-refractivity contribution < 1.29 is 9.53 Å². The lowest BCUT2D eigenvalue weighted by Crippen LogP contribution is -2.09. The quantitative estimate of drug-likeness (QED) is 0.720. The topological polar surface area (TPSA) is 67.9 Å². The number of pyridine rings is 1. The molecule has 0 bridgehead atoms. The summed E-state index contributed by atoms with van der Waals surface area (Å²) in [5, 5.41) is 0. The lowest BCUT2D eigenvalue weighted by atomic mass is 9.92. The van der Waals surface area contributed by atoms with E-state index < -0.39 is 0 Å². The molecule has 1 atom stereocenters. The van der Waals surface area contributed by atoms with Gasteiger partial charge in [-0.25, -0.2) is 4.98 Å². The molecule has 2 aromatic heterocycles. The SMILES string of the molecule is O=COCC(c1ccncc1)c1ccc2nc[nH]c2c1. The van der Waals surface area contributed by atoms with Crippen LogP contribution in [0.3, 0.4) is 0 Å². The van der Waals surface area contributed by atoms with Crippen molar-refractivity contribution in [2.45, 2.75) is 5.92 Å². The number of ether oxygens (including phenoxy) is 1. The van der Waals surface area contributed by atoms with Gasteiger partial charge in [-0.2, -0.15) is 0 Å². The van der Waals surface area contributed by atoms with Gasteiger partial charge in [-0.05, 0) is 35.4 Å². The zero-order chi connectivity index (χ0) is 13.8. The molecule has 0 amide bonds. The molecule has 0 aliphatic carbocycles. The van der Waals surface area contributed by atoms with E-state index in [2.05, 4.69) is 15.0 Å². The molecule has 1 N–H and O–H groups in total. The molecule has 2 heterocycles. The Kier molecular flexibility index (Phi) is 3.41. The zero-order valence-electron chi connectivity index (χ0n) is 10.7. The highest BCUT2D eigenvalue weighted by Gasteiger charge is 2.15. The summed E-state index contributed by atoms with van der Waals surface area (Å²) in [6, 6.07) is 9.84. The molecule has 0 spiro atoms. The maximum Gasteiger partial charge on any atom is 0.293 e. The zero-order valence-corrected chi connectivity index (χ0v) is 10.7. The Morgan fingerprint density at radius 3 is 2.85 bits per heavy atom. The van der Waals surface area contributed by atoms with E-state index in [9.17, 15) is 4.79 Å². The van der Waals surface area contributed by atoms with Crippen molar-refractivity contribution in [3.63, 3.8) is 0 Å². The minimum Gasteiger partial charge on any atom is -0.467 e. The van der Waals surface area contributed by atoms with Crippen LogP contribution in [0.5, 0.6) is 0 Å². The molecule has 0 aliphatic heterocycles. The fourth-order valence-corrected chi connectivity index (χ4v) is 2.29. The van der Waals surface area contributed by atoms with Gasteiger partial charge in [-0.1, -0.05) is 6.07 Å². The Balaban J connectivity index is 2.01. The number of imidazole rings is 1.